The number of allylic oxidation sites excluding steroid dienone is 5. The Bertz CT molecular complexity index is 1010. The van der Waals surface area contributed by atoms with Gasteiger partial charge in [-0.2, -0.15) is 0 Å². The van der Waals surface area contributed by atoms with Crippen LogP contribution in [0.2, 0.25) is 0 Å². The molecule has 0 aliphatic rings. The van der Waals surface area contributed by atoms with E-state index >= 15 is 0 Å². The predicted molar refractivity (Wildman–Crippen MR) is 112 cm³/mol. The van der Waals surface area contributed by atoms with Gasteiger partial charge in [-0.1, -0.05) is 31.7 Å². The molecule has 1 aromatic heterocycles. The summed E-state index contributed by atoms with van der Waals surface area (Å²) in [6.07, 6.45) is 10.3. The number of benzene rings is 1. The van der Waals surface area contributed by atoms with Crippen LogP contribution in [0.15, 0.2) is 60.0 Å². The van der Waals surface area contributed by atoms with E-state index in [1.165, 1.54) is 12.2 Å². The van der Waals surface area contributed by atoms with Gasteiger partial charge in [-0.15, -0.1) is 0 Å². The average molecular weight is 379 g/mol. The van der Waals surface area contributed by atoms with Crippen molar-refractivity contribution in [1.82, 2.24) is 9.97 Å². The number of aromatic nitrogens is 2. The molecule has 0 bridgehead atoms. The maximum Gasteiger partial charge on any atom is 0.267 e. The lowest BCUT2D eigenvalue weighted by molar-refractivity contribution is -0.416. The fourth-order valence-electron chi connectivity index (χ4n) is 2.49. The normalized spacial score (nSPS) is 13.3. The fourth-order valence-corrected chi connectivity index (χ4v) is 2.49. The molecule has 2 aromatic rings. The smallest absolute Gasteiger partial charge is 0.267 e. The lowest BCUT2D eigenvalue weighted by Crippen LogP contribution is -2.23. The van der Waals surface area contributed by atoms with Crippen molar-refractivity contribution < 1.29 is 9.66 Å². The Hall–Kier alpha value is -3.41. The molecule has 6 heteroatoms. The highest BCUT2D eigenvalue weighted by Gasteiger charge is 2.07. The molecule has 0 amide bonds. The van der Waals surface area contributed by atoms with E-state index in [1.54, 1.807) is 6.92 Å². The number of hydrogen-bond acceptors (Lipinski definition) is 4. The molecule has 0 fully saturated rings. The number of nitrogens with one attached hydrogen (secondary N) is 1. The van der Waals surface area contributed by atoms with Crippen molar-refractivity contribution >= 4 is 12.7 Å². The quantitative estimate of drug-likeness (QED) is 0.329. The summed E-state index contributed by atoms with van der Waals surface area (Å²) in [6, 6.07) is 7.75. The zero-order valence-corrected chi connectivity index (χ0v) is 16.4. The third-order valence-electron chi connectivity index (χ3n) is 3.98. The van der Waals surface area contributed by atoms with Gasteiger partial charge in [0.2, 0.25) is 0 Å². The van der Waals surface area contributed by atoms with Crippen LogP contribution in [0.25, 0.3) is 12.7 Å². The number of ether oxygens (including phenoxy) is 1. The van der Waals surface area contributed by atoms with Gasteiger partial charge in [0.05, 0.1) is 15.6 Å². The SMILES string of the molecule is C=c1[nH]c(Cc2ccc(OC(/C=C\CC)=C/C)cc2)n/c1=C/C(=C\C)[N+](=O)[O-]. The van der Waals surface area contributed by atoms with Gasteiger partial charge in [0, 0.05) is 12.5 Å². The molecule has 28 heavy (non-hydrogen) atoms. The van der Waals surface area contributed by atoms with E-state index in [1.807, 2.05) is 49.4 Å². The predicted octanol–water partition coefficient (Wildman–Crippen LogP) is 3.62. The van der Waals surface area contributed by atoms with Gasteiger partial charge in [0.15, 0.2) is 0 Å². The molecule has 1 N–H and O–H groups in total. The number of H-pyrrole nitrogens is 1. The van der Waals surface area contributed by atoms with Crippen molar-refractivity contribution in [3.05, 3.63) is 92.2 Å². The number of aromatic amines is 1. The molecule has 6 nitrogen and oxygen atoms in total. The maximum absolute atomic E-state index is 11.0. The van der Waals surface area contributed by atoms with Crippen LogP contribution >= 0.6 is 0 Å². The molecular weight excluding hydrogens is 354 g/mol. The highest BCUT2D eigenvalue weighted by atomic mass is 16.6. The zero-order valence-electron chi connectivity index (χ0n) is 16.4. The summed E-state index contributed by atoms with van der Waals surface area (Å²) in [4.78, 5) is 18.0. The fraction of sp³-hybridized carbons (Fsp3) is 0.227. The monoisotopic (exact) mass is 379 g/mol. The maximum atomic E-state index is 11.0. The second-order valence-corrected chi connectivity index (χ2v) is 6.09. The first kappa shape index (κ1) is 20.9. The van der Waals surface area contributed by atoms with Crippen LogP contribution in [0.3, 0.4) is 0 Å². The van der Waals surface area contributed by atoms with Gasteiger partial charge in [-0.05, 0) is 56.2 Å². The van der Waals surface area contributed by atoms with E-state index in [0.29, 0.717) is 22.9 Å². The van der Waals surface area contributed by atoms with Gasteiger partial charge < -0.3 is 9.72 Å². The Labute approximate surface area is 164 Å². The molecule has 0 spiro atoms. The second kappa shape index (κ2) is 10.1. The molecule has 1 heterocycles. The lowest BCUT2D eigenvalue weighted by Gasteiger charge is -2.07. The van der Waals surface area contributed by atoms with Gasteiger partial charge in [0.1, 0.15) is 17.3 Å². The molecule has 146 valence electrons. The molecule has 0 atom stereocenters. The third kappa shape index (κ3) is 5.81. The second-order valence-electron chi connectivity index (χ2n) is 6.09. The Morgan fingerprint density at radius 2 is 2.00 bits per heavy atom. The van der Waals surface area contributed by atoms with Crippen molar-refractivity contribution in [2.24, 2.45) is 0 Å². The highest BCUT2D eigenvalue weighted by Crippen LogP contribution is 2.17. The van der Waals surface area contributed by atoms with E-state index in [4.69, 9.17) is 4.74 Å². The minimum atomic E-state index is -0.443. The van der Waals surface area contributed by atoms with Crippen LogP contribution in [0, 0.1) is 10.1 Å². The highest BCUT2D eigenvalue weighted by molar-refractivity contribution is 5.40. The summed E-state index contributed by atoms with van der Waals surface area (Å²) in [5.74, 6) is 2.25. The van der Waals surface area contributed by atoms with E-state index in [-0.39, 0.29) is 5.70 Å². The van der Waals surface area contributed by atoms with Crippen LogP contribution < -0.4 is 15.4 Å². The van der Waals surface area contributed by atoms with Crippen LogP contribution in [-0.2, 0) is 6.42 Å². The van der Waals surface area contributed by atoms with E-state index in [9.17, 15) is 10.1 Å². The van der Waals surface area contributed by atoms with Crippen LogP contribution in [-0.4, -0.2) is 14.9 Å². The van der Waals surface area contributed by atoms with Crippen molar-refractivity contribution in [3.8, 4) is 5.75 Å². The average Bonchev–Trinajstić information content (AvgIpc) is 3.03. The number of nitrogens with zero attached hydrogens (tertiary/aromatic N) is 2. The zero-order chi connectivity index (χ0) is 20.5. The number of imidazole rings is 1. The molecule has 2 rings (SSSR count). The van der Waals surface area contributed by atoms with E-state index in [0.717, 1.165) is 23.5 Å². The lowest BCUT2D eigenvalue weighted by atomic mass is 10.1. The number of nitro groups is 1. The summed E-state index contributed by atoms with van der Waals surface area (Å²) < 4.78 is 5.84. The Morgan fingerprint density at radius 3 is 2.57 bits per heavy atom. The summed E-state index contributed by atoms with van der Waals surface area (Å²) in [5, 5.41) is 12.0. The first-order chi connectivity index (χ1) is 13.5. The molecule has 1 aromatic carbocycles. The van der Waals surface area contributed by atoms with Gasteiger partial charge in [-0.3, -0.25) is 10.1 Å². The van der Waals surface area contributed by atoms with Crippen molar-refractivity contribution in [3.63, 3.8) is 0 Å². The topological polar surface area (TPSA) is 81.0 Å². The van der Waals surface area contributed by atoms with Gasteiger partial charge in [0.25, 0.3) is 5.70 Å². The largest absolute Gasteiger partial charge is 0.458 e. The molecule has 0 aliphatic carbocycles. The Morgan fingerprint density at radius 1 is 1.29 bits per heavy atom. The molecule has 0 aliphatic heterocycles. The van der Waals surface area contributed by atoms with Crippen LogP contribution in [0.5, 0.6) is 5.75 Å². The standard InChI is InChI=1S/C22H25N3O3/c1-5-8-9-19(7-3)28-20-12-10-17(11-13-20)14-22-23-16(4)21(24-22)15-18(6-2)25(26)27/h6-13,15H,4-5,14H2,1-3H3,(H,23,24)/b9-8-,18-6+,19-7+,21-15+. The minimum absolute atomic E-state index is 0.0126. The summed E-state index contributed by atoms with van der Waals surface area (Å²) in [6.45, 7) is 9.50. The van der Waals surface area contributed by atoms with Crippen molar-refractivity contribution in [2.75, 3.05) is 0 Å². The summed E-state index contributed by atoms with van der Waals surface area (Å²) >= 11 is 0. The minimum Gasteiger partial charge on any atom is -0.458 e. The van der Waals surface area contributed by atoms with Crippen molar-refractivity contribution in [2.45, 2.75) is 33.6 Å². The molecule has 0 radical (unpaired) electrons. The van der Waals surface area contributed by atoms with Gasteiger partial charge in [-0.25, -0.2) is 4.98 Å². The summed E-state index contributed by atoms with van der Waals surface area (Å²) in [5.41, 5.74) is 1.03. The Kier molecular flexibility index (Phi) is 7.51. The molecule has 0 saturated heterocycles. The third-order valence-corrected chi connectivity index (χ3v) is 3.98. The van der Waals surface area contributed by atoms with Crippen LogP contribution in [0.4, 0.5) is 0 Å². The first-order valence-electron chi connectivity index (χ1n) is 9.12. The number of hydrogen-bond donors (Lipinski definition) is 1. The van der Waals surface area contributed by atoms with Crippen LogP contribution in [0.1, 0.15) is 38.6 Å². The summed E-state index contributed by atoms with van der Waals surface area (Å²) in [7, 11) is 0. The first-order valence-corrected chi connectivity index (χ1v) is 9.12. The van der Waals surface area contributed by atoms with Gasteiger partial charge >= 0.3 is 0 Å². The van der Waals surface area contributed by atoms with E-state index in [2.05, 4.69) is 23.5 Å². The Balaban J connectivity index is 2.14. The van der Waals surface area contributed by atoms with E-state index < -0.39 is 4.92 Å². The number of rotatable bonds is 8. The molecule has 0 saturated carbocycles. The molecule has 0 unspecified atom stereocenters. The molecular formula is C22H25N3O3. The van der Waals surface area contributed by atoms with Crippen molar-refractivity contribution in [1.29, 1.82) is 0 Å².